The zero-order valence-corrected chi connectivity index (χ0v) is 16.0. The molecule has 1 aromatic heterocycles. The highest BCUT2D eigenvalue weighted by Gasteiger charge is 2.30. The Morgan fingerprint density at radius 1 is 1.00 bits per heavy atom. The maximum atomic E-state index is 13.0. The summed E-state index contributed by atoms with van der Waals surface area (Å²) in [5, 5.41) is 0. The minimum absolute atomic E-state index is 0.0462. The molecular weight excluding hydrogens is 426 g/mol. The third-order valence-corrected chi connectivity index (χ3v) is 5.63. The summed E-state index contributed by atoms with van der Waals surface area (Å²) in [6.45, 7) is -0.226. The number of hydrogen-bond donors (Lipinski definition) is 1. The van der Waals surface area contributed by atoms with Gasteiger partial charge < -0.3 is 0 Å². The van der Waals surface area contributed by atoms with Gasteiger partial charge in [-0.05, 0) is 48.5 Å². The van der Waals surface area contributed by atoms with Gasteiger partial charge in [-0.25, -0.2) is 22.5 Å². The molecule has 11 heteroatoms. The lowest BCUT2D eigenvalue weighted by molar-refractivity contribution is -0.137. The molecular formula is C19H15F4N3O3S. The lowest BCUT2D eigenvalue weighted by Crippen LogP contribution is -2.31. The number of aromatic nitrogens is 2. The fraction of sp³-hybridized carbons (Fsp3) is 0.158. The van der Waals surface area contributed by atoms with Crippen LogP contribution in [-0.2, 0) is 22.7 Å². The summed E-state index contributed by atoms with van der Waals surface area (Å²) in [5.41, 5.74) is -0.524. The second kappa shape index (κ2) is 8.36. The van der Waals surface area contributed by atoms with Crippen molar-refractivity contribution in [3.05, 3.63) is 82.7 Å². The molecule has 0 aliphatic heterocycles. The van der Waals surface area contributed by atoms with Crippen molar-refractivity contribution in [1.29, 1.82) is 0 Å². The van der Waals surface area contributed by atoms with E-state index in [0.717, 1.165) is 12.1 Å². The van der Waals surface area contributed by atoms with Gasteiger partial charge in [0.15, 0.2) is 0 Å². The molecule has 0 atom stereocenters. The zero-order chi connectivity index (χ0) is 21.9. The zero-order valence-electron chi connectivity index (χ0n) is 15.2. The van der Waals surface area contributed by atoms with Gasteiger partial charge in [-0.1, -0.05) is 0 Å². The van der Waals surface area contributed by atoms with E-state index in [1.54, 1.807) is 0 Å². The highest BCUT2D eigenvalue weighted by atomic mass is 32.2. The molecule has 1 N–H and O–H groups in total. The van der Waals surface area contributed by atoms with E-state index in [4.69, 9.17) is 0 Å². The number of sulfonamides is 1. The molecule has 0 bridgehead atoms. The average Bonchev–Trinajstić information content (AvgIpc) is 2.69. The first-order valence-corrected chi connectivity index (χ1v) is 10.0. The lowest BCUT2D eigenvalue weighted by atomic mass is 10.1. The van der Waals surface area contributed by atoms with Gasteiger partial charge in [-0.3, -0.25) is 9.36 Å². The van der Waals surface area contributed by atoms with Crippen molar-refractivity contribution in [3.63, 3.8) is 0 Å². The normalized spacial score (nSPS) is 12.1. The lowest BCUT2D eigenvalue weighted by Gasteiger charge is -2.10. The number of alkyl halides is 3. The fourth-order valence-electron chi connectivity index (χ4n) is 2.58. The van der Waals surface area contributed by atoms with Gasteiger partial charge in [0.05, 0.1) is 22.5 Å². The van der Waals surface area contributed by atoms with Gasteiger partial charge in [0.25, 0.3) is 5.56 Å². The van der Waals surface area contributed by atoms with Crippen LogP contribution in [0, 0.1) is 5.82 Å². The van der Waals surface area contributed by atoms with Gasteiger partial charge >= 0.3 is 6.18 Å². The molecule has 0 aliphatic rings. The maximum absolute atomic E-state index is 13.0. The van der Waals surface area contributed by atoms with Crippen molar-refractivity contribution in [2.45, 2.75) is 17.6 Å². The number of benzene rings is 2. The molecule has 0 aliphatic carbocycles. The number of halogens is 4. The van der Waals surface area contributed by atoms with E-state index < -0.39 is 33.1 Å². The van der Waals surface area contributed by atoms with Crippen LogP contribution in [-0.4, -0.2) is 24.5 Å². The average molecular weight is 441 g/mol. The summed E-state index contributed by atoms with van der Waals surface area (Å²) in [5.74, 6) is -0.424. The second-order valence-corrected chi connectivity index (χ2v) is 8.00. The number of nitrogens with one attached hydrogen (secondary N) is 1. The van der Waals surface area contributed by atoms with Crippen LogP contribution in [0.5, 0.6) is 0 Å². The van der Waals surface area contributed by atoms with E-state index in [9.17, 15) is 30.8 Å². The molecule has 0 saturated carbocycles. The first-order valence-electron chi connectivity index (χ1n) is 8.56. The Balaban J connectivity index is 1.65. The van der Waals surface area contributed by atoms with Crippen LogP contribution in [0.3, 0.4) is 0 Å². The highest BCUT2D eigenvalue weighted by molar-refractivity contribution is 7.89. The number of rotatable bonds is 6. The van der Waals surface area contributed by atoms with E-state index in [0.29, 0.717) is 23.4 Å². The molecule has 0 fully saturated rings. The largest absolute Gasteiger partial charge is 0.416 e. The highest BCUT2D eigenvalue weighted by Crippen LogP contribution is 2.29. The Hall–Kier alpha value is -3.05. The van der Waals surface area contributed by atoms with Gasteiger partial charge in [0, 0.05) is 24.7 Å². The van der Waals surface area contributed by atoms with Gasteiger partial charge in [0.2, 0.25) is 10.0 Å². The van der Waals surface area contributed by atoms with Crippen molar-refractivity contribution in [2.24, 2.45) is 0 Å². The van der Waals surface area contributed by atoms with Gasteiger partial charge in [0.1, 0.15) is 5.82 Å². The standard InChI is InChI=1S/C19H15F4N3O3S/c20-15-5-1-13(2-6-15)17-11-18(27)26(12-24-17)10-9-25-30(28,29)16-7-3-14(4-8-16)19(21,22)23/h1-8,11-12,25H,9-10H2. The number of nitrogens with zero attached hydrogens (tertiary/aromatic N) is 2. The summed E-state index contributed by atoms with van der Waals surface area (Å²) in [4.78, 5) is 16.0. The molecule has 3 aromatic rings. The molecule has 0 amide bonds. The van der Waals surface area contributed by atoms with Crippen LogP contribution >= 0.6 is 0 Å². The molecule has 6 nitrogen and oxygen atoms in total. The summed E-state index contributed by atoms with van der Waals surface area (Å²) in [6, 6.07) is 9.72. The SMILES string of the molecule is O=c1cc(-c2ccc(F)cc2)ncn1CCNS(=O)(=O)c1ccc(C(F)(F)F)cc1. The van der Waals surface area contributed by atoms with Crippen molar-refractivity contribution in [3.8, 4) is 11.3 Å². The third-order valence-electron chi connectivity index (χ3n) is 4.16. The molecule has 0 spiro atoms. The van der Waals surface area contributed by atoms with Crippen LogP contribution in [0.25, 0.3) is 11.3 Å². The minimum Gasteiger partial charge on any atom is -0.298 e. The molecule has 0 unspecified atom stereocenters. The van der Waals surface area contributed by atoms with Crippen LogP contribution in [0.2, 0.25) is 0 Å². The quantitative estimate of drug-likeness (QED) is 0.597. The van der Waals surface area contributed by atoms with Crippen LogP contribution in [0.1, 0.15) is 5.56 Å². The fourth-order valence-corrected chi connectivity index (χ4v) is 3.60. The van der Waals surface area contributed by atoms with Gasteiger partial charge in [-0.15, -0.1) is 0 Å². The summed E-state index contributed by atoms with van der Waals surface area (Å²) in [6.07, 6.45) is -3.34. The molecule has 30 heavy (non-hydrogen) atoms. The number of hydrogen-bond acceptors (Lipinski definition) is 4. The minimum atomic E-state index is -4.57. The Morgan fingerprint density at radius 2 is 1.63 bits per heavy atom. The Bertz CT molecular complexity index is 1190. The smallest absolute Gasteiger partial charge is 0.298 e. The molecule has 1 heterocycles. The van der Waals surface area contributed by atoms with Crippen molar-refractivity contribution in [2.75, 3.05) is 6.54 Å². The van der Waals surface area contributed by atoms with Crippen molar-refractivity contribution in [1.82, 2.24) is 14.3 Å². The van der Waals surface area contributed by atoms with E-state index >= 15 is 0 Å². The monoisotopic (exact) mass is 441 g/mol. The second-order valence-electron chi connectivity index (χ2n) is 6.23. The molecule has 3 rings (SSSR count). The first-order chi connectivity index (χ1) is 14.1. The van der Waals surface area contributed by atoms with E-state index in [1.807, 2.05) is 0 Å². The van der Waals surface area contributed by atoms with Crippen LogP contribution in [0.4, 0.5) is 17.6 Å². The first kappa shape index (κ1) is 21.7. The molecule has 0 radical (unpaired) electrons. The van der Waals surface area contributed by atoms with Crippen molar-refractivity contribution >= 4 is 10.0 Å². The van der Waals surface area contributed by atoms with Crippen LogP contribution in [0.15, 0.2) is 70.6 Å². The van der Waals surface area contributed by atoms with Gasteiger partial charge in [-0.2, -0.15) is 13.2 Å². The summed E-state index contributed by atoms with van der Waals surface area (Å²) in [7, 11) is -4.05. The molecule has 0 saturated heterocycles. The predicted molar refractivity (Wildman–Crippen MR) is 101 cm³/mol. The van der Waals surface area contributed by atoms with E-state index in [2.05, 4.69) is 9.71 Å². The summed E-state index contributed by atoms with van der Waals surface area (Å²) < 4.78 is 78.5. The van der Waals surface area contributed by atoms with Crippen molar-refractivity contribution < 1.29 is 26.0 Å². The summed E-state index contributed by atoms with van der Waals surface area (Å²) >= 11 is 0. The van der Waals surface area contributed by atoms with E-state index in [-0.39, 0.29) is 18.0 Å². The Labute approximate surface area is 168 Å². The molecule has 158 valence electrons. The Kier molecular flexibility index (Phi) is 6.04. The predicted octanol–water partition coefficient (Wildman–Crippen LogP) is 3.05. The maximum Gasteiger partial charge on any atom is 0.416 e. The topological polar surface area (TPSA) is 81.1 Å². The van der Waals surface area contributed by atoms with Crippen LogP contribution < -0.4 is 10.3 Å². The van der Waals surface area contributed by atoms with E-state index in [1.165, 1.54) is 41.2 Å². The third kappa shape index (κ3) is 5.10. The molecule has 2 aromatic carbocycles. The Morgan fingerprint density at radius 3 is 2.20 bits per heavy atom.